The Morgan fingerprint density at radius 3 is 2.61 bits per heavy atom. The van der Waals surface area contributed by atoms with Gasteiger partial charge >= 0.3 is 0 Å². The summed E-state index contributed by atoms with van der Waals surface area (Å²) in [6, 6.07) is 19.4. The molecule has 0 amide bonds. The Morgan fingerprint density at radius 2 is 1.85 bits per heavy atom. The normalized spacial score (nSPS) is 13.5. The van der Waals surface area contributed by atoms with Crippen molar-refractivity contribution in [3.05, 3.63) is 83.4 Å². The average Bonchev–Trinajstić information content (AvgIpc) is 3.23. The second kappa shape index (κ2) is 9.22. The van der Waals surface area contributed by atoms with Gasteiger partial charge in [0.25, 0.3) is 0 Å². The SMILES string of the molecule is CC(C)(C)S(=O)NC(Cc1ccc(F)c(C#N)n1)c1ccccc1-c1noc2ccccc12. The first-order valence-corrected chi connectivity index (χ1v) is 11.6. The minimum absolute atomic E-state index is 0.265. The van der Waals surface area contributed by atoms with Gasteiger partial charge in [-0.15, -0.1) is 0 Å². The quantitative estimate of drug-likeness (QED) is 0.423. The molecule has 1 N–H and O–H groups in total. The molecular formula is C25H23FN4O2S. The van der Waals surface area contributed by atoms with Gasteiger partial charge in [0.1, 0.15) is 11.8 Å². The average molecular weight is 463 g/mol. The minimum atomic E-state index is -1.40. The molecule has 0 saturated carbocycles. The maximum absolute atomic E-state index is 13.8. The van der Waals surface area contributed by atoms with E-state index in [-0.39, 0.29) is 5.69 Å². The van der Waals surface area contributed by atoms with E-state index in [1.54, 1.807) is 12.1 Å². The molecule has 4 rings (SSSR count). The first-order valence-electron chi connectivity index (χ1n) is 10.4. The van der Waals surface area contributed by atoms with Crippen molar-refractivity contribution in [2.24, 2.45) is 0 Å². The standard InChI is InChI=1S/C25H23FN4O2S/c1-25(2,3)33(31)30-21(14-16-12-13-20(26)22(15-27)28-16)17-8-4-5-9-18(17)24-19-10-6-7-11-23(19)32-29-24/h4-13,21,30H,14H2,1-3H3. The van der Waals surface area contributed by atoms with Gasteiger partial charge in [0.15, 0.2) is 17.1 Å². The molecule has 0 spiro atoms. The lowest BCUT2D eigenvalue weighted by molar-refractivity contribution is 0.459. The molecule has 0 aliphatic carbocycles. The van der Waals surface area contributed by atoms with E-state index in [0.29, 0.717) is 23.4 Å². The topological polar surface area (TPSA) is 91.8 Å². The fraction of sp³-hybridized carbons (Fsp3) is 0.240. The first kappa shape index (κ1) is 22.8. The molecule has 2 aromatic heterocycles. The highest BCUT2D eigenvalue weighted by Gasteiger charge is 2.27. The van der Waals surface area contributed by atoms with E-state index in [9.17, 15) is 13.9 Å². The van der Waals surface area contributed by atoms with Gasteiger partial charge in [0.05, 0.1) is 21.8 Å². The van der Waals surface area contributed by atoms with Gasteiger partial charge < -0.3 is 4.52 Å². The van der Waals surface area contributed by atoms with E-state index in [2.05, 4.69) is 14.9 Å². The van der Waals surface area contributed by atoms with Crippen LogP contribution in [0.3, 0.4) is 0 Å². The van der Waals surface area contributed by atoms with Gasteiger partial charge in [-0.1, -0.05) is 41.6 Å². The van der Waals surface area contributed by atoms with Gasteiger partial charge in [-0.2, -0.15) is 5.26 Å². The number of hydrogen-bond acceptors (Lipinski definition) is 5. The molecule has 2 aromatic carbocycles. The predicted molar refractivity (Wildman–Crippen MR) is 126 cm³/mol. The highest BCUT2D eigenvalue weighted by atomic mass is 32.2. The molecule has 8 heteroatoms. The fourth-order valence-electron chi connectivity index (χ4n) is 3.50. The van der Waals surface area contributed by atoms with Gasteiger partial charge in [0.2, 0.25) is 0 Å². The number of para-hydroxylation sites is 1. The van der Waals surface area contributed by atoms with Crippen molar-refractivity contribution in [3.63, 3.8) is 0 Å². The van der Waals surface area contributed by atoms with Crippen LogP contribution in [0.4, 0.5) is 4.39 Å². The Labute approximate surface area is 194 Å². The molecule has 0 aliphatic heterocycles. The van der Waals surface area contributed by atoms with Crippen LogP contribution in [0.5, 0.6) is 0 Å². The maximum Gasteiger partial charge on any atom is 0.176 e. The van der Waals surface area contributed by atoms with E-state index >= 15 is 0 Å². The number of halogens is 1. The van der Waals surface area contributed by atoms with Crippen LogP contribution in [0.1, 0.15) is 43.8 Å². The Balaban J connectivity index is 1.81. The van der Waals surface area contributed by atoms with Gasteiger partial charge in [-0.3, -0.25) is 0 Å². The van der Waals surface area contributed by atoms with E-state index in [1.807, 2.05) is 69.3 Å². The summed E-state index contributed by atoms with van der Waals surface area (Å²) in [4.78, 5) is 4.16. The summed E-state index contributed by atoms with van der Waals surface area (Å²) in [7, 11) is -1.40. The Hall–Kier alpha value is -3.41. The second-order valence-electron chi connectivity index (χ2n) is 8.62. The van der Waals surface area contributed by atoms with Crippen molar-refractivity contribution in [3.8, 4) is 17.3 Å². The molecule has 6 nitrogen and oxygen atoms in total. The second-order valence-corrected chi connectivity index (χ2v) is 10.6. The number of aromatic nitrogens is 2. The number of pyridine rings is 1. The molecule has 4 aromatic rings. The Bertz CT molecular complexity index is 1370. The molecule has 168 valence electrons. The Kier molecular flexibility index (Phi) is 6.36. The molecule has 0 fully saturated rings. The summed E-state index contributed by atoms with van der Waals surface area (Å²) >= 11 is 0. The number of hydrogen-bond donors (Lipinski definition) is 1. The molecule has 0 bridgehead atoms. The van der Waals surface area contributed by atoms with Crippen LogP contribution >= 0.6 is 0 Å². The van der Waals surface area contributed by atoms with Crippen molar-refractivity contribution in [2.75, 3.05) is 0 Å². The zero-order valence-electron chi connectivity index (χ0n) is 18.5. The third-order valence-corrected chi connectivity index (χ3v) is 6.81. The van der Waals surface area contributed by atoms with Crippen LogP contribution in [0, 0.1) is 17.1 Å². The third-order valence-electron chi connectivity index (χ3n) is 5.20. The first-order chi connectivity index (χ1) is 15.8. The van der Waals surface area contributed by atoms with E-state index in [1.165, 1.54) is 6.07 Å². The summed E-state index contributed by atoms with van der Waals surface area (Å²) in [5, 5.41) is 14.3. The smallest absolute Gasteiger partial charge is 0.176 e. The third kappa shape index (κ3) is 4.85. The predicted octanol–water partition coefficient (Wildman–Crippen LogP) is 5.24. The van der Waals surface area contributed by atoms with E-state index < -0.39 is 27.6 Å². The van der Waals surface area contributed by atoms with Crippen molar-refractivity contribution in [2.45, 2.75) is 38.0 Å². The van der Waals surface area contributed by atoms with Crippen molar-refractivity contribution >= 4 is 22.0 Å². The lowest BCUT2D eigenvalue weighted by Crippen LogP contribution is -2.36. The zero-order chi connectivity index (χ0) is 23.6. The number of fused-ring (bicyclic) bond motifs is 1. The largest absolute Gasteiger partial charge is 0.356 e. The van der Waals surface area contributed by atoms with Crippen molar-refractivity contribution in [1.82, 2.24) is 14.9 Å². The molecule has 2 heterocycles. The monoisotopic (exact) mass is 462 g/mol. The summed E-state index contributed by atoms with van der Waals surface area (Å²) in [6.45, 7) is 5.65. The van der Waals surface area contributed by atoms with Crippen LogP contribution in [-0.4, -0.2) is 19.1 Å². The maximum atomic E-state index is 13.8. The van der Waals surface area contributed by atoms with E-state index in [0.717, 1.165) is 16.5 Å². The van der Waals surface area contributed by atoms with Crippen molar-refractivity contribution in [1.29, 1.82) is 5.26 Å². The van der Waals surface area contributed by atoms with Crippen LogP contribution in [-0.2, 0) is 17.4 Å². The molecule has 0 radical (unpaired) electrons. The van der Waals surface area contributed by atoms with Gasteiger partial charge in [-0.25, -0.2) is 18.3 Å². The van der Waals surface area contributed by atoms with Gasteiger partial charge in [0, 0.05) is 23.1 Å². The number of nitriles is 1. The van der Waals surface area contributed by atoms with Gasteiger partial charge in [-0.05, 0) is 50.6 Å². The lowest BCUT2D eigenvalue weighted by Gasteiger charge is -2.26. The van der Waals surface area contributed by atoms with Crippen LogP contribution in [0.25, 0.3) is 22.2 Å². The van der Waals surface area contributed by atoms with Crippen LogP contribution < -0.4 is 4.72 Å². The fourth-order valence-corrected chi connectivity index (χ4v) is 4.32. The Morgan fingerprint density at radius 1 is 1.12 bits per heavy atom. The lowest BCUT2D eigenvalue weighted by atomic mass is 9.94. The molecular weight excluding hydrogens is 439 g/mol. The van der Waals surface area contributed by atoms with E-state index in [4.69, 9.17) is 4.52 Å². The molecule has 0 saturated heterocycles. The summed E-state index contributed by atoms with van der Waals surface area (Å²) in [5.74, 6) is -0.668. The molecule has 33 heavy (non-hydrogen) atoms. The minimum Gasteiger partial charge on any atom is -0.356 e. The van der Waals surface area contributed by atoms with Crippen LogP contribution in [0.15, 0.2) is 65.2 Å². The summed E-state index contributed by atoms with van der Waals surface area (Å²) in [5.41, 5.74) is 3.27. The number of nitrogens with one attached hydrogen (secondary N) is 1. The zero-order valence-corrected chi connectivity index (χ0v) is 19.3. The summed E-state index contributed by atoms with van der Waals surface area (Å²) in [6.07, 6.45) is 0.295. The number of rotatable bonds is 6. The highest BCUT2D eigenvalue weighted by molar-refractivity contribution is 7.84. The highest BCUT2D eigenvalue weighted by Crippen LogP contribution is 2.34. The summed E-state index contributed by atoms with van der Waals surface area (Å²) < 4.78 is 35.1. The number of benzene rings is 2. The molecule has 0 aliphatic rings. The van der Waals surface area contributed by atoms with Crippen LogP contribution in [0.2, 0.25) is 0 Å². The molecule has 2 unspecified atom stereocenters. The number of nitrogens with zero attached hydrogens (tertiary/aromatic N) is 3. The molecule has 2 atom stereocenters. The van der Waals surface area contributed by atoms with Crippen molar-refractivity contribution < 1.29 is 13.1 Å².